The van der Waals surface area contributed by atoms with E-state index in [0.717, 1.165) is 17.6 Å². The molecule has 0 saturated carbocycles. The summed E-state index contributed by atoms with van der Waals surface area (Å²) in [6.07, 6.45) is 0.974. The van der Waals surface area contributed by atoms with E-state index >= 15 is 0 Å². The van der Waals surface area contributed by atoms with Crippen LogP contribution in [-0.2, 0) is 4.65 Å². The van der Waals surface area contributed by atoms with Crippen molar-refractivity contribution in [3.8, 4) is 5.75 Å². The Bertz CT molecular complexity index is 445. The molecule has 0 bridgehead atoms. The highest BCUT2D eigenvalue weighted by Crippen LogP contribution is 2.10. The summed E-state index contributed by atoms with van der Waals surface area (Å²) < 4.78 is 11.6. The Morgan fingerprint density at radius 1 is 0.889 bits per heavy atom. The minimum atomic E-state index is -0.339. The standard InChI is InChI=1S/C15H17BO2/c1-2-13-17-16(14-9-5-3-6-10-14)18-15-11-7-4-8-12-15/h3-12H,2,13H2,1H3. The average Bonchev–Trinajstić information content (AvgIpc) is 2.45. The fourth-order valence-electron chi connectivity index (χ4n) is 1.66. The van der Waals surface area contributed by atoms with Crippen LogP contribution in [0.2, 0.25) is 0 Å². The maximum absolute atomic E-state index is 5.88. The van der Waals surface area contributed by atoms with Crippen LogP contribution in [0.1, 0.15) is 13.3 Å². The minimum Gasteiger partial charge on any atom is -0.532 e. The van der Waals surface area contributed by atoms with Crippen molar-refractivity contribution in [1.82, 2.24) is 0 Å². The van der Waals surface area contributed by atoms with Crippen LogP contribution < -0.4 is 10.1 Å². The van der Waals surface area contributed by atoms with Crippen LogP contribution in [-0.4, -0.2) is 13.7 Å². The third-order valence-corrected chi connectivity index (χ3v) is 2.53. The predicted molar refractivity (Wildman–Crippen MR) is 75.1 cm³/mol. The lowest BCUT2D eigenvalue weighted by atomic mass is 9.78. The Labute approximate surface area is 109 Å². The monoisotopic (exact) mass is 240 g/mol. The van der Waals surface area contributed by atoms with Crippen molar-refractivity contribution < 1.29 is 9.31 Å². The molecule has 0 spiro atoms. The summed E-state index contributed by atoms with van der Waals surface area (Å²) in [5.41, 5.74) is 1.04. The molecule has 0 aromatic heterocycles. The van der Waals surface area contributed by atoms with E-state index in [9.17, 15) is 0 Å². The highest BCUT2D eigenvalue weighted by Gasteiger charge is 2.22. The SMILES string of the molecule is CCCOB(Oc1ccccc1)c1ccccc1. The zero-order valence-electron chi connectivity index (χ0n) is 10.6. The van der Waals surface area contributed by atoms with Gasteiger partial charge >= 0.3 is 7.12 Å². The van der Waals surface area contributed by atoms with Crippen LogP contribution in [0.25, 0.3) is 0 Å². The summed E-state index contributed by atoms with van der Waals surface area (Å²) in [5, 5.41) is 0. The van der Waals surface area contributed by atoms with Crippen molar-refractivity contribution in [2.75, 3.05) is 6.61 Å². The Kier molecular flexibility index (Phi) is 4.85. The van der Waals surface area contributed by atoms with Crippen molar-refractivity contribution >= 4 is 12.6 Å². The third kappa shape index (κ3) is 3.64. The van der Waals surface area contributed by atoms with E-state index < -0.39 is 0 Å². The smallest absolute Gasteiger partial charge is 0.532 e. The Balaban J connectivity index is 2.10. The molecule has 0 radical (unpaired) electrons. The van der Waals surface area contributed by atoms with Crippen LogP contribution in [0.5, 0.6) is 5.75 Å². The number of hydrogen-bond acceptors (Lipinski definition) is 2. The molecule has 92 valence electrons. The van der Waals surface area contributed by atoms with Crippen LogP contribution in [0, 0.1) is 0 Å². The number of para-hydroxylation sites is 1. The summed E-state index contributed by atoms with van der Waals surface area (Å²) in [5.74, 6) is 0.822. The second-order valence-corrected chi connectivity index (χ2v) is 4.04. The van der Waals surface area contributed by atoms with Gasteiger partial charge < -0.3 is 9.31 Å². The Morgan fingerprint density at radius 3 is 2.11 bits per heavy atom. The van der Waals surface area contributed by atoms with Crippen molar-refractivity contribution in [1.29, 1.82) is 0 Å². The summed E-state index contributed by atoms with van der Waals surface area (Å²) in [6, 6.07) is 19.8. The average molecular weight is 240 g/mol. The van der Waals surface area contributed by atoms with E-state index in [1.165, 1.54) is 0 Å². The first kappa shape index (κ1) is 12.7. The third-order valence-electron chi connectivity index (χ3n) is 2.53. The maximum Gasteiger partial charge on any atom is 0.562 e. The van der Waals surface area contributed by atoms with Crippen molar-refractivity contribution in [3.63, 3.8) is 0 Å². The molecule has 0 saturated heterocycles. The fraction of sp³-hybridized carbons (Fsp3) is 0.200. The van der Waals surface area contributed by atoms with Gasteiger partial charge in [0, 0.05) is 6.61 Å². The molecule has 3 heteroatoms. The van der Waals surface area contributed by atoms with Gasteiger partial charge in [-0.2, -0.15) is 0 Å². The minimum absolute atomic E-state index is 0.339. The number of rotatable bonds is 6. The molecule has 0 aliphatic rings. The van der Waals surface area contributed by atoms with Gasteiger partial charge in [-0.1, -0.05) is 55.5 Å². The Morgan fingerprint density at radius 2 is 1.50 bits per heavy atom. The zero-order chi connectivity index (χ0) is 12.6. The van der Waals surface area contributed by atoms with Crippen molar-refractivity contribution in [2.45, 2.75) is 13.3 Å². The summed E-state index contributed by atoms with van der Waals surface area (Å²) in [4.78, 5) is 0. The highest BCUT2D eigenvalue weighted by atomic mass is 16.6. The van der Waals surface area contributed by atoms with Gasteiger partial charge in [0.15, 0.2) is 0 Å². The van der Waals surface area contributed by atoms with Gasteiger partial charge in [-0.05, 0) is 24.0 Å². The normalized spacial score (nSPS) is 10.1. The summed E-state index contributed by atoms with van der Waals surface area (Å²) >= 11 is 0. The fourth-order valence-corrected chi connectivity index (χ4v) is 1.66. The second-order valence-electron chi connectivity index (χ2n) is 4.04. The zero-order valence-corrected chi connectivity index (χ0v) is 10.6. The molecule has 2 aromatic carbocycles. The van der Waals surface area contributed by atoms with E-state index in [1.807, 2.05) is 60.7 Å². The van der Waals surface area contributed by atoms with Gasteiger partial charge in [0.2, 0.25) is 0 Å². The number of hydrogen-bond donors (Lipinski definition) is 0. The molecular formula is C15H17BO2. The molecule has 2 rings (SSSR count). The molecule has 0 fully saturated rings. The molecular weight excluding hydrogens is 223 g/mol. The molecule has 2 nitrogen and oxygen atoms in total. The second kappa shape index (κ2) is 6.87. The van der Waals surface area contributed by atoms with Gasteiger partial charge in [-0.3, -0.25) is 0 Å². The van der Waals surface area contributed by atoms with Crippen LogP contribution >= 0.6 is 0 Å². The first-order valence-corrected chi connectivity index (χ1v) is 6.28. The predicted octanol–water partition coefficient (Wildman–Crippen LogP) is 2.89. The largest absolute Gasteiger partial charge is 0.562 e. The maximum atomic E-state index is 5.88. The first-order chi connectivity index (χ1) is 8.90. The van der Waals surface area contributed by atoms with Crippen molar-refractivity contribution in [2.24, 2.45) is 0 Å². The molecule has 0 atom stereocenters. The van der Waals surface area contributed by atoms with Gasteiger partial charge in [-0.15, -0.1) is 0 Å². The van der Waals surface area contributed by atoms with Crippen molar-refractivity contribution in [3.05, 3.63) is 60.7 Å². The van der Waals surface area contributed by atoms with E-state index in [4.69, 9.17) is 9.31 Å². The molecule has 0 heterocycles. The first-order valence-electron chi connectivity index (χ1n) is 6.28. The van der Waals surface area contributed by atoms with Gasteiger partial charge in [0.25, 0.3) is 0 Å². The van der Waals surface area contributed by atoms with Crippen LogP contribution in [0.4, 0.5) is 0 Å². The van der Waals surface area contributed by atoms with Gasteiger partial charge in [-0.25, -0.2) is 0 Å². The van der Waals surface area contributed by atoms with Gasteiger partial charge in [0.05, 0.1) is 0 Å². The lowest BCUT2D eigenvalue weighted by Crippen LogP contribution is -2.39. The summed E-state index contributed by atoms with van der Waals surface area (Å²) in [6.45, 7) is 2.77. The molecule has 0 N–H and O–H groups in total. The van der Waals surface area contributed by atoms with Crippen LogP contribution in [0.15, 0.2) is 60.7 Å². The van der Waals surface area contributed by atoms with E-state index in [0.29, 0.717) is 6.61 Å². The molecule has 18 heavy (non-hydrogen) atoms. The molecule has 2 aromatic rings. The summed E-state index contributed by atoms with van der Waals surface area (Å²) in [7, 11) is -0.339. The van der Waals surface area contributed by atoms with Gasteiger partial charge in [0.1, 0.15) is 5.75 Å². The highest BCUT2D eigenvalue weighted by molar-refractivity contribution is 6.62. The number of benzene rings is 2. The van der Waals surface area contributed by atoms with Crippen LogP contribution in [0.3, 0.4) is 0 Å². The lowest BCUT2D eigenvalue weighted by molar-refractivity contribution is 0.276. The quantitative estimate of drug-likeness (QED) is 0.723. The van der Waals surface area contributed by atoms with E-state index in [2.05, 4.69) is 6.92 Å². The molecule has 0 aliphatic heterocycles. The molecule has 0 amide bonds. The molecule has 0 aliphatic carbocycles. The Hall–Kier alpha value is -1.74. The topological polar surface area (TPSA) is 18.5 Å². The van der Waals surface area contributed by atoms with E-state index in [1.54, 1.807) is 0 Å². The van der Waals surface area contributed by atoms with E-state index in [-0.39, 0.29) is 7.12 Å². The lowest BCUT2D eigenvalue weighted by Gasteiger charge is -2.15. The molecule has 0 unspecified atom stereocenters.